The number of nitrogens with zero attached hydrogens (tertiary/aromatic N) is 1. The maximum atomic E-state index is 10.2. The zero-order valence-corrected chi connectivity index (χ0v) is 18.3. The molecule has 6 aliphatic rings. The Hall–Kier alpha value is -1.93. The SMILES string of the molecule is CC12CCC(O)CC1=CCC1C2CCC2(C)C(c3cnc4cccccc3-4)=CCC12. The molecule has 2 nitrogen and oxygen atoms in total. The first-order valence-corrected chi connectivity index (χ1v) is 11.9. The summed E-state index contributed by atoms with van der Waals surface area (Å²) in [6, 6.07) is 10.7. The summed E-state index contributed by atoms with van der Waals surface area (Å²) in [5.74, 6) is 2.28. The van der Waals surface area contributed by atoms with Crippen LogP contribution in [0.3, 0.4) is 0 Å². The molecule has 6 atom stereocenters. The smallest absolute Gasteiger partial charge is 0.0708 e. The summed E-state index contributed by atoms with van der Waals surface area (Å²) >= 11 is 0. The van der Waals surface area contributed by atoms with Crippen molar-refractivity contribution in [2.24, 2.45) is 28.6 Å². The molecule has 156 valence electrons. The number of aliphatic hydroxyl groups is 1. The van der Waals surface area contributed by atoms with Crippen molar-refractivity contribution in [1.82, 2.24) is 4.98 Å². The Morgan fingerprint density at radius 2 is 1.73 bits per heavy atom. The molecule has 2 heteroatoms. The lowest BCUT2D eigenvalue weighted by atomic mass is 9.47. The summed E-state index contributed by atoms with van der Waals surface area (Å²) in [6.07, 6.45) is 15.2. The number of allylic oxidation sites excluding steroid dienone is 3. The number of rotatable bonds is 1. The second kappa shape index (κ2) is 6.53. The summed E-state index contributed by atoms with van der Waals surface area (Å²) in [6.45, 7) is 5.06. The fourth-order valence-electron chi connectivity index (χ4n) is 7.92. The third-order valence-electron chi connectivity index (χ3n) is 9.59. The number of hydrogen-bond acceptors (Lipinski definition) is 2. The van der Waals surface area contributed by atoms with E-state index in [2.05, 4.69) is 62.5 Å². The molecule has 0 radical (unpaired) electrons. The molecule has 1 N–H and O–H groups in total. The van der Waals surface area contributed by atoms with Gasteiger partial charge in [0.15, 0.2) is 0 Å². The molecule has 1 heterocycles. The monoisotopic (exact) mass is 399 g/mol. The van der Waals surface area contributed by atoms with Crippen LogP contribution in [0.25, 0.3) is 16.8 Å². The van der Waals surface area contributed by atoms with Gasteiger partial charge in [-0.2, -0.15) is 0 Å². The third kappa shape index (κ3) is 2.49. The summed E-state index contributed by atoms with van der Waals surface area (Å²) in [5, 5.41) is 10.2. The van der Waals surface area contributed by atoms with E-state index in [-0.39, 0.29) is 11.5 Å². The van der Waals surface area contributed by atoms with E-state index >= 15 is 0 Å². The van der Waals surface area contributed by atoms with Gasteiger partial charge in [0, 0.05) is 17.3 Å². The van der Waals surface area contributed by atoms with E-state index in [1.54, 1.807) is 11.1 Å². The van der Waals surface area contributed by atoms with Crippen LogP contribution in [0.5, 0.6) is 0 Å². The van der Waals surface area contributed by atoms with Crippen molar-refractivity contribution in [2.45, 2.75) is 64.9 Å². The first-order chi connectivity index (χ1) is 14.5. The van der Waals surface area contributed by atoms with Gasteiger partial charge in [0.1, 0.15) is 0 Å². The topological polar surface area (TPSA) is 33.1 Å². The van der Waals surface area contributed by atoms with Gasteiger partial charge >= 0.3 is 0 Å². The van der Waals surface area contributed by atoms with E-state index < -0.39 is 0 Å². The predicted octanol–water partition coefficient (Wildman–Crippen LogP) is 6.50. The van der Waals surface area contributed by atoms with Crippen LogP contribution in [0.15, 0.2) is 54.3 Å². The van der Waals surface area contributed by atoms with Crippen molar-refractivity contribution >= 4 is 5.57 Å². The summed E-state index contributed by atoms with van der Waals surface area (Å²) in [5.41, 5.74) is 7.46. The lowest BCUT2D eigenvalue weighted by molar-refractivity contribution is -0.0238. The maximum absolute atomic E-state index is 10.2. The summed E-state index contributed by atoms with van der Waals surface area (Å²) < 4.78 is 0. The Labute approximate surface area is 180 Å². The number of fused-ring (bicyclic) bond motifs is 6. The second-order valence-corrected chi connectivity index (χ2v) is 10.8. The van der Waals surface area contributed by atoms with Crippen molar-refractivity contribution in [2.75, 3.05) is 0 Å². The first kappa shape index (κ1) is 18.8. The molecule has 0 aromatic carbocycles. The first-order valence-electron chi connectivity index (χ1n) is 11.9. The lowest BCUT2D eigenvalue weighted by Gasteiger charge is -2.57. The average Bonchev–Trinajstić information content (AvgIpc) is 3.19. The van der Waals surface area contributed by atoms with Gasteiger partial charge < -0.3 is 5.11 Å². The highest BCUT2D eigenvalue weighted by molar-refractivity contribution is 5.84. The van der Waals surface area contributed by atoms with Crippen molar-refractivity contribution in [3.63, 3.8) is 0 Å². The minimum atomic E-state index is -0.117. The van der Waals surface area contributed by atoms with Crippen LogP contribution in [0.1, 0.15) is 64.4 Å². The van der Waals surface area contributed by atoms with Crippen molar-refractivity contribution < 1.29 is 5.11 Å². The molecule has 0 saturated heterocycles. The van der Waals surface area contributed by atoms with Gasteiger partial charge in [-0.1, -0.05) is 55.8 Å². The van der Waals surface area contributed by atoms with Gasteiger partial charge in [-0.25, -0.2) is 0 Å². The largest absolute Gasteiger partial charge is 0.393 e. The van der Waals surface area contributed by atoms with Crippen LogP contribution < -0.4 is 0 Å². The van der Waals surface area contributed by atoms with E-state index in [1.807, 2.05) is 0 Å². The van der Waals surface area contributed by atoms with Crippen LogP contribution in [-0.4, -0.2) is 16.2 Å². The van der Waals surface area contributed by atoms with Gasteiger partial charge in [-0.15, -0.1) is 0 Å². The van der Waals surface area contributed by atoms with Gasteiger partial charge in [-0.3, -0.25) is 4.98 Å². The molecule has 5 aliphatic carbocycles. The van der Waals surface area contributed by atoms with Crippen LogP contribution in [0, 0.1) is 28.6 Å². The highest BCUT2D eigenvalue weighted by Crippen LogP contribution is 2.66. The van der Waals surface area contributed by atoms with Crippen LogP contribution in [-0.2, 0) is 0 Å². The molecule has 0 amide bonds. The van der Waals surface area contributed by atoms with Crippen molar-refractivity contribution in [1.29, 1.82) is 0 Å². The minimum absolute atomic E-state index is 0.117. The highest BCUT2D eigenvalue weighted by Gasteiger charge is 2.57. The quantitative estimate of drug-likeness (QED) is 0.555. The van der Waals surface area contributed by atoms with E-state index in [1.165, 1.54) is 43.2 Å². The Balaban J connectivity index is 1.35. The average molecular weight is 400 g/mol. The maximum Gasteiger partial charge on any atom is 0.0708 e. The zero-order valence-electron chi connectivity index (χ0n) is 18.3. The summed E-state index contributed by atoms with van der Waals surface area (Å²) in [7, 11) is 0. The Morgan fingerprint density at radius 3 is 2.63 bits per heavy atom. The molecule has 0 spiro atoms. The van der Waals surface area contributed by atoms with Crippen LogP contribution >= 0.6 is 0 Å². The van der Waals surface area contributed by atoms with Gasteiger partial charge in [0.2, 0.25) is 0 Å². The molecule has 0 aromatic heterocycles. The molecule has 6 rings (SSSR count). The Kier molecular flexibility index (Phi) is 4.10. The molecule has 6 unspecified atom stereocenters. The molecular formula is C28H33NO. The minimum Gasteiger partial charge on any atom is -0.393 e. The molecule has 2 saturated carbocycles. The number of aliphatic hydroxyl groups excluding tert-OH is 1. The predicted molar refractivity (Wildman–Crippen MR) is 122 cm³/mol. The van der Waals surface area contributed by atoms with Crippen LogP contribution in [0.4, 0.5) is 0 Å². The molecule has 30 heavy (non-hydrogen) atoms. The Morgan fingerprint density at radius 1 is 0.900 bits per heavy atom. The number of hydrogen-bond donors (Lipinski definition) is 1. The van der Waals surface area contributed by atoms with Crippen LogP contribution in [0.2, 0.25) is 0 Å². The van der Waals surface area contributed by atoms with E-state index in [4.69, 9.17) is 4.98 Å². The van der Waals surface area contributed by atoms with E-state index in [0.717, 1.165) is 36.3 Å². The standard InChI is InChI=1S/C28H33NO/c1-27-14-12-19(30)16-18(27)8-9-21-23-10-11-24(28(23,2)15-13-25(21)27)22-17-29-26-7-5-3-4-6-20(22)26/h3-8,11,17,19,21,23,25,30H,9-10,12-16H2,1-2H3. The fourth-order valence-corrected chi connectivity index (χ4v) is 7.92. The third-order valence-corrected chi connectivity index (χ3v) is 9.59. The second-order valence-electron chi connectivity index (χ2n) is 10.8. The van der Waals surface area contributed by atoms with Gasteiger partial charge in [0.25, 0.3) is 0 Å². The molecular weight excluding hydrogens is 366 g/mol. The molecule has 1 aliphatic heterocycles. The summed E-state index contributed by atoms with van der Waals surface area (Å²) in [4.78, 5) is 4.75. The Bertz CT molecular complexity index is 1020. The van der Waals surface area contributed by atoms with Gasteiger partial charge in [0.05, 0.1) is 11.8 Å². The molecule has 0 bridgehead atoms. The van der Waals surface area contributed by atoms with Gasteiger partial charge in [-0.05, 0) is 85.2 Å². The molecule has 0 aromatic rings. The normalized spacial score (nSPS) is 40.2. The fraction of sp³-hybridized carbons (Fsp3) is 0.536. The van der Waals surface area contributed by atoms with E-state index in [0.29, 0.717) is 5.41 Å². The van der Waals surface area contributed by atoms with E-state index in [9.17, 15) is 5.11 Å². The lowest BCUT2D eigenvalue weighted by Crippen LogP contribution is -2.49. The highest BCUT2D eigenvalue weighted by atomic mass is 16.3. The van der Waals surface area contributed by atoms with Crippen molar-refractivity contribution in [3.05, 3.63) is 59.8 Å². The number of aromatic nitrogens is 1. The zero-order chi connectivity index (χ0) is 20.5. The van der Waals surface area contributed by atoms with Crippen molar-refractivity contribution in [3.8, 4) is 11.3 Å². The molecule has 2 fully saturated rings.